The predicted molar refractivity (Wildman–Crippen MR) is 76.0 cm³/mol. The van der Waals surface area contributed by atoms with Crippen molar-refractivity contribution in [2.45, 2.75) is 51.1 Å². The number of nitrogens with zero attached hydrogens (tertiary/aromatic N) is 2. The van der Waals surface area contributed by atoms with Crippen LogP contribution < -0.4 is 5.32 Å². The molecule has 0 aromatic rings. The Hall–Kier alpha value is -0.610. The van der Waals surface area contributed by atoms with Crippen molar-refractivity contribution in [3.05, 3.63) is 0 Å². The number of carbonyl (C=O) groups excluding carboxylic acids is 1. The summed E-state index contributed by atoms with van der Waals surface area (Å²) in [5, 5.41) is 3.59. The first kappa shape index (κ1) is 13.4. The van der Waals surface area contributed by atoms with Crippen molar-refractivity contribution in [1.29, 1.82) is 0 Å². The number of amides is 1. The first-order chi connectivity index (χ1) is 9.05. The summed E-state index contributed by atoms with van der Waals surface area (Å²) in [6.45, 7) is 9.65. The Bertz CT molecular complexity index is 343. The summed E-state index contributed by atoms with van der Waals surface area (Å²) in [5.41, 5.74) is 0.281. The summed E-state index contributed by atoms with van der Waals surface area (Å²) in [6, 6.07) is 0.663. The van der Waals surface area contributed by atoms with Gasteiger partial charge in [-0.1, -0.05) is 6.42 Å². The van der Waals surface area contributed by atoms with E-state index in [0.29, 0.717) is 17.9 Å². The maximum atomic E-state index is 12.2. The van der Waals surface area contributed by atoms with E-state index in [1.54, 1.807) is 0 Å². The average Bonchev–Trinajstić information content (AvgIpc) is 2.68. The highest BCUT2D eigenvalue weighted by atomic mass is 16.2. The van der Waals surface area contributed by atoms with Crippen LogP contribution in [0, 0.1) is 5.92 Å². The fourth-order valence-corrected chi connectivity index (χ4v) is 3.61. The topological polar surface area (TPSA) is 35.6 Å². The third kappa shape index (κ3) is 2.79. The van der Waals surface area contributed by atoms with Crippen LogP contribution in [0.5, 0.6) is 0 Å². The monoisotopic (exact) mass is 265 g/mol. The fourth-order valence-electron chi connectivity index (χ4n) is 3.61. The van der Waals surface area contributed by atoms with Gasteiger partial charge >= 0.3 is 0 Å². The van der Waals surface area contributed by atoms with E-state index in [1.165, 1.54) is 12.8 Å². The highest BCUT2D eigenvalue weighted by molar-refractivity contribution is 5.79. The minimum Gasteiger partial charge on any atom is -0.340 e. The van der Waals surface area contributed by atoms with Crippen LogP contribution in [-0.2, 0) is 4.79 Å². The van der Waals surface area contributed by atoms with E-state index in [0.717, 1.165) is 45.6 Å². The van der Waals surface area contributed by atoms with Gasteiger partial charge in [-0.3, -0.25) is 9.69 Å². The molecule has 19 heavy (non-hydrogen) atoms. The van der Waals surface area contributed by atoms with Gasteiger partial charge in [0.1, 0.15) is 0 Å². The van der Waals surface area contributed by atoms with Gasteiger partial charge in [-0.15, -0.1) is 0 Å². The Morgan fingerprint density at radius 1 is 1.16 bits per heavy atom. The van der Waals surface area contributed by atoms with Gasteiger partial charge in [0.2, 0.25) is 5.91 Å². The number of hydrogen-bond donors (Lipinski definition) is 1. The minimum absolute atomic E-state index is 0.281. The van der Waals surface area contributed by atoms with Crippen molar-refractivity contribution >= 4 is 5.91 Å². The molecule has 0 radical (unpaired) electrons. The molecule has 1 N–H and O–H groups in total. The molecule has 108 valence electrons. The third-order valence-corrected chi connectivity index (χ3v) is 5.16. The Morgan fingerprint density at radius 3 is 2.32 bits per heavy atom. The predicted octanol–water partition coefficient (Wildman–Crippen LogP) is 1.07. The molecule has 1 saturated carbocycles. The molecule has 0 aromatic heterocycles. The average molecular weight is 265 g/mol. The Labute approximate surface area is 116 Å². The zero-order valence-electron chi connectivity index (χ0n) is 12.3. The molecule has 2 heterocycles. The summed E-state index contributed by atoms with van der Waals surface area (Å²) >= 11 is 0. The van der Waals surface area contributed by atoms with Crippen LogP contribution in [0.4, 0.5) is 0 Å². The quantitative estimate of drug-likeness (QED) is 0.811. The summed E-state index contributed by atoms with van der Waals surface area (Å²) in [7, 11) is 0. The molecule has 1 atom stereocenters. The third-order valence-electron chi connectivity index (χ3n) is 5.16. The zero-order valence-corrected chi connectivity index (χ0v) is 12.3. The van der Waals surface area contributed by atoms with Crippen LogP contribution in [-0.4, -0.2) is 60.0 Å². The van der Waals surface area contributed by atoms with Gasteiger partial charge in [0.05, 0.1) is 0 Å². The van der Waals surface area contributed by atoms with Crippen LogP contribution in [0.2, 0.25) is 0 Å². The number of rotatable bonds is 2. The molecule has 1 amide bonds. The van der Waals surface area contributed by atoms with Crippen molar-refractivity contribution in [3.63, 3.8) is 0 Å². The second kappa shape index (κ2) is 5.06. The van der Waals surface area contributed by atoms with Gasteiger partial charge in [0.15, 0.2) is 0 Å². The van der Waals surface area contributed by atoms with E-state index in [-0.39, 0.29) is 5.54 Å². The fraction of sp³-hybridized carbons (Fsp3) is 0.933. The molecule has 0 bridgehead atoms. The van der Waals surface area contributed by atoms with Gasteiger partial charge in [-0.05, 0) is 33.1 Å². The molecule has 3 aliphatic rings. The van der Waals surface area contributed by atoms with Crippen LogP contribution >= 0.6 is 0 Å². The first-order valence-electron chi connectivity index (χ1n) is 7.83. The number of piperazine rings is 1. The molecule has 0 spiro atoms. The van der Waals surface area contributed by atoms with E-state index in [2.05, 4.69) is 29.0 Å². The molecule has 2 saturated heterocycles. The lowest BCUT2D eigenvalue weighted by molar-refractivity contribution is -0.140. The molecule has 1 unspecified atom stereocenters. The summed E-state index contributed by atoms with van der Waals surface area (Å²) in [5.74, 6) is 0.786. The standard InChI is InChI=1S/C15H27N3O/c1-15(2)10-13(11-16-15)17-6-8-18(9-7-17)14(19)12-4-3-5-12/h12-13,16H,3-11H2,1-2H3. The van der Waals surface area contributed by atoms with Crippen molar-refractivity contribution in [2.24, 2.45) is 5.92 Å². The van der Waals surface area contributed by atoms with Crippen molar-refractivity contribution in [1.82, 2.24) is 15.1 Å². The van der Waals surface area contributed by atoms with Gasteiger partial charge in [-0.2, -0.15) is 0 Å². The molecule has 1 aliphatic carbocycles. The molecular weight excluding hydrogens is 238 g/mol. The van der Waals surface area contributed by atoms with Gasteiger partial charge in [0, 0.05) is 50.2 Å². The Morgan fingerprint density at radius 2 is 1.84 bits per heavy atom. The second-order valence-corrected chi connectivity index (χ2v) is 7.11. The number of carbonyl (C=O) groups is 1. The van der Waals surface area contributed by atoms with E-state index >= 15 is 0 Å². The Balaban J connectivity index is 1.48. The molecule has 4 nitrogen and oxygen atoms in total. The molecule has 4 heteroatoms. The minimum atomic E-state index is 0.281. The smallest absolute Gasteiger partial charge is 0.225 e. The summed E-state index contributed by atoms with van der Waals surface area (Å²) < 4.78 is 0. The highest BCUT2D eigenvalue weighted by Gasteiger charge is 2.36. The second-order valence-electron chi connectivity index (χ2n) is 7.11. The SMILES string of the molecule is CC1(C)CC(N2CCN(C(=O)C3CCC3)CC2)CN1. The van der Waals surface area contributed by atoms with Gasteiger partial charge < -0.3 is 10.2 Å². The van der Waals surface area contributed by atoms with E-state index < -0.39 is 0 Å². The lowest BCUT2D eigenvalue weighted by Gasteiger charge is -2.40. The van der Waals surface area contributed by atoms with Gasteiger partial charge in [0.25, 0.3) is 0 Å². The largest absolute Gasteiger partial charge is 0.340 e. The molecule has 3 fully saturated rings. The summed E-state index contributed by atoms with van der Waals surface area (Å²) in [6.07, 6.45) is 4.72. The summed E-state index contributed by atoms with van der Waals surface area (Å²) in [4.78, 5) is 16.9. The van der Waals surface area contributed by atoms with Crippen molar-refractivity contribution < 1.29 is 4.79 Å². The molecule has 3 rings (SSSR count). The molecule has 0 aromatic carbocycles. The maximum Gasteiger partial charge on any atom is 0.225 e. The molecule has 2 aliphatic heterocycles. The normalized spacial score (nSPS) is 32.3. The van der Waals surface area contributed by atoms with E-state index in [4.69, 9.17) is 0 Å². The van der Waals surface area contributed by atoms with Crippen LogP contribution in [0.15, 0.2) is 0 Å². The van der Waals surface area contributed by atoms with E-state index in [1.807, 2.05) is 0 Å². The van der Waals surface area contributed by atoms with Crippen LogP contribution in [0.1, 0.15) is 39.5 Å². The van der Waals surface area contributed by atoms with Gasteiger partial charge in [-0.25, -0.2) is 0 Å². The zero-order chi connectivity index (χ0) is 13.5. The number of nitrogens with one attached hydrogen (secondary N) is 1. The Kier molecular flexibility index (Phi) is 3.56. The van der Waals surface area contributed by atoms with E-state index in [9.17, 15) is 4.79 Å². The maximum absolute atomic E-state index is 12.2. The molecular formula is C15H27N3O. The van der Waals surface area contributed by atoms with Crippen LogP contribution in [0.25, 0.3) is 0 Å². The van der Waals surface area contributed by atoms with Crippen LogP contribution in [0.3, 0.4) is 0 Å². The number of hydrogen-bond acceptors (Lipinski definition) is 3. The van der Waals surface area contributed by atoms with Crippen molar-refractivity contribution in [2.75, 3.05) is 32.7 Å². The first-order valence-corrected chi connectivity index (χ1v) is 7.83. The highest BCUT2D eigenvalue weighted by Crippen LogP contribution is 2.29. The lowest BCUT2D eigenvalue weighted by Crippen LogP contribution is -2.54. The van der Waals surface area contributed by atoms with Crippen molar-refractivity contribution in [3.8, 4) is 0 Å². The lowest BCUT2D eigenvalue weighted by atomic mass is 9.84.